The van der Waals surface area contributed by atoms with Crippen molar-refractivity contribution in [2.24, 2.45) is 0 Å². The number of fused-ring (bicyclic) bond motifs is 1. The van der Waals surface area contributed by atoms with Crippen molar-refractivity contribution >= 4 is 28.8 Å². The summed E-state index contributed by atoms with van der Waals surface area (Å²) in [6.45, 7) is 1.94. The van der Waals surface area contributed by atoms with Crippen molar-refractivity contribution in [2.75, 3.05) is 0 Å². The molecule has 0 saturated heterocycles. The smallest absolute Gasteiger partial charge is 0.166 e. The van der Waals surface area contributed by atoms with E-state index in [4.69, 9.17) is 0 Å². The molecular formula is C18H13F3S. The molecule has 1 heterocycles. The average molecular weight is 318 g/mol. The maximum Gasteiger partial charge on any atom is 0.422 e. The number of thioether (sulfide) groups is 1. The van der Waals surface area contributed by atoms with Crippen LogP contribution in [-0.2, 0) is 0 Å². The molecule has 0 N–H and O–H groups in total. The van der Waals surface area contributed by atoms with Gasteiger partial charge in [-0.2, -0.15) is 13.2 Å². The Hall–Kier alpha value is -1.94. The van der Waals surface area contributed by atoms with Crippen LogP contribution in [0, 0.1) is 6.92 Å². The standard InChI is InChI=1S/C18H13F3S/c1-12-7-8-14-11-17(18(19,20)21)22-16(15(14)9-12)10-13-5-3-2-4-6-13/h2-11H,1H3/b16-10-. The van der Waals surface area contributed by atoms with Crippen LogP contribution in [-0.4, -0.2) is 6.18 Å². The van der Waals surface area contributed by atoms with Crippen molar-refractivity contribution in [1.82, 2.24) is 0 Å². The number of rotatable bonds is 1. The number of hydrogen-bond donors (Lipinski definition) is 0. The lowest BCUT2D eigenvalue weighted by Crippen LogP contribution is -2.11. The van der Waals surface area contributed by atoms with Crippen LogP contribution in [0.2, 0.25) is 0 Å². The van der Waals surface area contributed by atoms with Crippen molar-refractivity contribution in [2.45, 2.75) is 13.1 Å². The third kappa shape index (κ3) is 3.12. The first kappa shape index (κ1) is 15.0. The fraction of sp³-hybridized carbons (Fsp3) is 0.111. The zero-order chi connectivity index (χ0) is 15.7. The number of hydrogen-bond acceptors (Lipinski definition) is 1. The minimum atomic E-state index is -4.33. The van der Waals surface area contributed by atoms with Crippen molar-refractivity contribution in [1.29, 1.82) is 0 Å². The van der Waals surface area contributed by atoms with E-state index in [2.05, 4.69) is 0 Å². The highest BCUT2D eigenvalue weighted by Gasteiger charge is 2.37. The van der Waals surface area contributed by atoms with E-state index in [-0.39, 0.29) is 0 Å². The SMILES string of the molecule is Cc1ccc2c(c1)/C(=C/c1ccccc1)SC(C(F)(F)F)=C2. The summed E-state index contributed by atoms with van der Waals surface area (Å²) in [5, 5.41) is 0. The maximum atomic E-state index is 13.1. The highest BCUT2D eigenvalue weighted by molar-refractivity contribution is 8.12. The minimum absolute atomic E-state index is 0.578. The number of alkyl halides is 3. The summed E-state index contributed by atoms with van der Waals surface area (Å²) in [7, 11) is 0. The fourth-order valence-corrected chi connectivity index (χ4v) is 3.32. The van der Waals surface area contributed by atoms with Gasteiger partial charge in [-0.05, 0) is 35.8 Å². The van der Waals surface area contributed by atoms with Gasteiger partial charge in [-0.3, -0.25) is 0 Å². The largest absolute Gasteiger partial charge is 0.422 e. The summed E-state index contributed by atoms with van der Waals surface area (Å²) < 4.78 is 39.3. The van der Waals surface area contributed by atoms with Gasteiger partial charge in [0.05, 0.1) is 4.91 Å². The van der Waals surface area contributed by atoms with Gasteiger partial charge in [-0.25, -0.2) is 0 Å². The summed E-state index contributed by atoms with van der Waals surface area (Å²) in [6.07, 6.45) is -1.30. The monoisotopic (exact) mass is 318 g/mol. The molecule has 0 saturated carbocycles. The molecule has 0 fully saturated rings. The molecule has 0 aliphatic carbocycles. The molecule has 2 aromatic carbocycles. The highest BCUT2D eigenvalue weighted by atomic mass is 32.2. The summed E-state index contributed by atoms with van der Waals surface area (Å²) in [5.74, 6) is 0. The van der Waals surface area contributed by atoms with E-state index in [1.165, 1.54) is 6.08 Å². The normalized spacial score (nSPS) is 16.4. The summed E-state index contributed by atoms with van der Waals surface area (Å²) in [5.41, 5.74) is 3.38. The number of allylic oxidation sites excluding steroid dienone is 1. The predicted molar refractivity (Wildman–Crippen MR) is 87.1 cm³/mol. The van der Waals surface area contributed by atoms with Crippen LogP contribution < -0.4 is 0 Å². The molecule has 1 aliphatic heterocycles. The molecule has 0 atom stereocenters. The van der Waals surface area contributed by atoms with E-state index in [1.807, 2.05) is 55.5 Å². The Morgan fingerprint density at radius 1 is 1.00 bits per heavy atom. The zero-order valence-corrected chi connectivity index (χ0v) is 12.6. The highest BCUT2D eigenvalue weighted by Crippen LogP contribution is 2.48. The number of aryl methyl sites for hydroxylation is 1. The Labute approximate surface area is 131 Å². The van der Waals surface area contributed by atoms with E-state index in [0.717, 1.165) is 28.5 Å². The van der Waals surface area contributed by atoms with Crippen LogP contribution in [0.25, 0.3) is 17.1 Å². The lowest BCUT2D eigenvalue weighted by Gasteiger charge is -2.21. The molecule has 1 aliphatic rings. The molecule has 4 heteroatoms. The van der Waals surface area contributed by atoms with Crippen LogP contribution in [0.15, 0.2) is 53.4 Å². The molecule has 22 heavy (non-hydrogen) atoms. The van der Waals surface area contributed by atoms with E-state index < -0.39 is 11.1 Å². The second kappa shape index (κ2) is 5.69. The number of halogens is 3. The maximum absolute atomic E-state index is 13.1. The van der Waals surface area contributed by atoms with Crippen LogP contribution in [0.3, 0.4) is 0 Å². The Morgan fingerprint density at radius 2 is 1.73 bits per heavy atom. The van der Waals surface area contributed by atoms with Gasteiger partial charge in [0.1, 0.15) is 0 Å². The molecule has 112 valence electrons. The van der Waals surface area contributed by atoms with Gasteiger partial charge in [-0.1, -0.05) is 65.9 Å². The predicted octanol–water partition coefficient (Wildman–Crippen LogP) is 6.14. The van der Waals surface area contributed by atoms with Crippen LogP contribution in [0.4, 0.5) is 13.2 Å². The lowest BCUT2D eigenvalue weighted by molar-refractivity contribution is -0.0827. The van der Waals surface area contributed by atoms with Gasteiger partial charge in [0, 0.05) is 4.91 Å². The molecule has 0 amide bonds. The van der Waals surface area contributed by atoms with Crippen molar-refractivity contribution in [3.05, 3.63) is 75.7 Å². The molecule has 0 aromatic heterocycles. The third-order valence-corrected chi connectivity index (χ3v) is 4.48. The summed E-state index contributed by atoms with van der Waals surface area (Å²) >= 11 is 0.782. The van der Waals surface area contributed by atoms with E-state index in [9.17, 15) is 13.2 Å². The van der Waals surface area contributed by atoms with E-state index in [1.54, 1.807) is 6.07 Å². The van der Waals surface area contributed by atoms with Gasteiger partial charge in [0.15, 0.2) is 0 Å². The molecule has 0 nitrogen and oxygen atoms in total. The third-order valence-electron chi connectivity index (χ3n) is 3.36. The quantitative estimate of drug-likeness (QED) is 0.608. The van der Waals surface area contributed by atoms with Gasteiger partial charge in [0.25, 0.3) is 0 Å². The van der Waals surface area contributed by atoms with Crippen LogP contribution in [0.1, 0.15) is 22.3 Å². The second-order valence-electron chi connectivity index (χ2n) is 5.12. The molecule has 0 radical (unpaired) electrons. The molecule has 0 bridgehead atoms. The first-order chi connectivity index (χ1) is 10.4. The van der Waals surface area contributed by atoms with Crippen molar-refractivity contribution in [3.8, 4) is 0 Å². The molecule has 2 aromatic rings. The Balaban J connectivity index is 2.14. The first-order valence-corrected chi connectivity index (χ1v) is 7.60. The van der Waals surface area contributed by atoms with Gasteiger partial charge < -0.3 is 0 Å². The summed E-state index contributed by atoms with van der Waals surface area (Å²) in [6, 6.07) is 14.9. The van der Waals surface area contributed by atoms with Gasteiger partial charge in [-0.15, -0.1) is 0 Å². The first-order valence-electron chi connectivity index (χ1n) is 6.78. The zero-order valence-electron chi connectivity index (χ0n) is 11.8. The molecule has 3 rings (SSSR count). The Bertz CT molecular complexity index is 756. The average Bonchev–Trinajstić information content (AvgIpc) is 2.47. The van der Waals surface area contributed by atoms with Crippen molar-refractivity contribution < 1.29 is 13.2 Å². The van der Waals surface area contributed by atoms with Crippen molar-refractivity contribution in [3.63, 3.8) is 0 Å². The van der Waals surface area contributed by atoms with Gasteiger partial charge >= 0.3 is 6.18 Å². The Kier molecular flexibility index (Phi) is 3.87. The fourth-order valence-electron chi connectivity index (χ4n) is 2.30. The molecular weight excluding hydrogens is 305 g/mol. The number of benzene rings is 2. The second-order valence-corrected chi connectivity index (χ2v) is 6.20. The Morgan fingerprint density at radius 3 is 2.41 bits per heavy atom. The van der Waals surface area contributed by atoms with E-state index in [0.29, 0.717) is 10.5 Å². The van der Waals surface area contributed by atoms with Crippen LogP contribution >= 0.6 is 11.8 Å². The van der Waals surface area contributed by atoms with Crippen LogP contribution in [0.5, 0.6) is 0 Å². The minimum Gasteiger partial charge on any atom is -0.166 e. The molecule has 0 unspecified atom stereocenters. The topological polar surface area (TPSA) is 0 Å². The van der Waals surface area contributed by atoms with Gasteiger partial charge in [0.2, 0.25) is 0 Å². The lowest BCUT2D eigenvalue weighted by atomic mass is 10.0. The molecule has 0 spiro atoms. The van der Waals surface area contributed by atoms with E-state index >= 15 is 0 Å². The summed E-state index contributed by atoms with van der Waals surface area (Å²) in [4.78, 5) is 0.0470.